The third kappa shape index (κ3) is 5.19. The lowest BCUT2D eigenvalue weighted by atomic mass is 10.0. The molecule has 0 bridgehead atoms. The third-order valence-electron chi connectivity index (χ3n) is 3.81. The van der Waals surface area contributed by atoms with Crippen LogP contribution in [0.15, 0.2) is 0 Å². The Bertz CT molecular complexity index is 364. The van der Waals surface area contributed by atoms with Gasteiger partial charge >= 0.3 is 5.97 Å². The molecule has 0 saturated heterocycles. The zero-order valence-electron chi connectivity index (χ0n) is 12.2. The summed E-state index contributed by atoms with van der Waals surface area (Å²) in [4.78, 5) is 35.6. The summed E-state index contributed by atoms with van der Waals surface area (Å²) in [5.41, 5.74) is 0. The van der Waals surface area contributed by atoms with Crippen molar-refractivity contribution in [2.45, 2.75) is 52.0 Å². The minimum Gasteiger partial charge on any atom is -0.480 e. The summed E-state index contributed by atoms with van der Waals surface area (Å²) in [5, 5.41) is 11.7. The van der Waals surface area contributed by atoms with E-state index >= 15 is 0 Å². The van der Waals surface area contributed by atoms with Crippen molar-refractivity contribution in [2.24, 2.45) is 5.92 Å². The number of carboxylic acids is 1. The maximum Gasteiger partial charge on any atom is 0.326 e. The van der Waals surface area contributed by atoms with Gasteiger partial charge in [-0.2, -0.15) is 0 Å². The van der Waals surface area contributed by atoms with Crippen LogP contribution in [-0.4, -0.2) is 46.9 Å². The van der Waals surface area contributed by atoms with Gasteiger partial charge in [-0.05, 0) is 25.7 Å². The van der Waals surface area contributed by atoms with Crippen LogP contribution in [-0.2, 0) is 14.4 Å². The van der Waals surface area contributed by atoms with Crippen molar-refractivity contribution in [1.29, 1.82) is 0 Å². The summed E-state index contributed by atoms with van der Waals surface area (Å²) in [6.45, 7) is 3.41. The Kier molecular flexibility index (Phi) is 6.48. The quantitative estimate of drug-likeness (QED) is 0.730. The molecule has 0 aliphatic heterocycles. The van der Waals surface area contributed by atoms with Crippen LogP contribution in [0.25, 0.3) is 0 Å². The van der Waals surface area contributed by atoms with Gasteiger partial charge in [0.05, 0.1) is 0 Å². The number of nitrogens with one attached hydrogen (secondary N) is 1. The molecule has 0 aromatic heterocycles. The van der Waals surface area contributed by atoms with E-state index < -0.39 is 12.0 Å². The van der Waals surface area contributed by atoms with Crippen molar-refractivity contribution in [3.8, 4) is 0 Å². The Balaban J connectivity index is 2.57. The van der Waals surface area contributed by atoms with E-state index in [1.54, 1.807) is 0 Å². The van der Waals surface area contributed by atoms with Crippen LogP contribution in [0.2, 0.25) is 0 Å². The van der Waals surface area contributed by atoms with Gasteiger partial charge in [-0.15, -0.1) is 0 Å². The van der Waals surface area contributed by atoms with Crippen LogP contribution in [0.3, 0.4) is 0 Å². The number of carbonyl (C=O) groups excluding carboxylic acids is 2. The number of rotatable bonds is 7. The summed E-state index contributed by atoms with van der Waals surface area (Å²) >= 11 is 0. The normalized spacial score (nSPS) is 16.7. The molecule has 0 aromatic rings. The average Bonchev–Trinajstić information content (AvgIpc) is 2.86. The molecule has 2 N–H and O–H groups in total. The van der Waals surface area contributed by atoms with Gasteiger partial charge in [-0.25, -0.2) is 4.79 Å². The van der Waals surface area contributed by atoms with E-state index in [4.69, 9.17) is 5.11 Å². The van der Waals surface area contributed by atoms with Crippen molar-refractivity contribution in [3.05, 3.63) is 0 Å². The summed E-state index contributed by atoms with van der Waals surface area (Å²) in [5.74, 6) is -0.951. The first-order chi connectivity index (χ1) is 9.41. The summed E-state index contributed by atoms with van der Waals surface area (Å²) < 4.78 is 0. The predicted molar refractivity (Wildman–Crippen MR) is 74.1 cm³/mol. The van der Waals surface area contributed by atoms with Crippen molar-refractivity contribution in [2.75, 3.05) is 13.1 Å². The maximum atomic E-state index is 12.3. The molecule has 114 valence electrons. The molecule has 1 rings (SSSR count). The van der Waals surface area contributed by atoms with Crippen LogP contribution in [0, 0.1) is 5.92 Å². The standard InChI is InChI=1S/C14H24N2O4/c1-10(14(19)20)16(8-7-15-11(2)17)13(18)9-12-5-3-4-6-12/h10,12H,3-9H2,1-2H3,(H,15,17)(H,19,20). The second-order valence-electron chi connectivity index (χ2n) is 5.44. The van der Waals surface area contributed by atoms with Crippen LogP contribution < -0.4 is 5.32 Å². The molecule has 6 nitrogen and oxygen atoms in total. The first-order valence-corrected chi connectivity index (χ1v) is 7.18. The van der Waals surface area contributed by atoms with Gasteiger partial charge in [-0.1, -0.05) is 12.8 Å². The molecule has 0 heterocycles. The molecule has 2 amide bonds. The minimum absolute atomic E-state index is 0.128. The number of hydrogen-bond acceptors (Lipinski definition) is 3. The molecule has 1 aliphatic carbocycles. The Morgan fingerprint density at radius 2 is 1.90 bits per heavy atom. The van der Waals surface area contributed by atoms with Gasteiger partial charge in [0.15, 0.2) is 0 Å². The Morgan fingerprint density at radius 3 is 2.40 bits per heavy atom. The number of nitrogens with zero attached hydrogens (tertiary/aromatic N) is 1. The second kappa shape index (κ2) is 7.87. The SMILES string of the molecule is CC(=O)NCCN(C(=O)CC1CCCC1)C(C)C(=O)O. The lowest BCUT2D eigenvalue weighted by Crippen LogP contribution is -2.47. The topological polar surface area (TPSA) is 86.7 Å². The van der Waals surface area contributed by atoms with Gasteiger partial charge in [0, 0.05) is 26.4 Å². The van der Waals surface area contributed by atoms with E-state index in [-0.39, 0.29) is 24.9 Å². The fourth-order valence-corrected chi connectivity index (χ4v) is 2.60. The Labute approximate surface area is 119 Å². The van der Waals surface area contributed by atoms with E-state index in [1.807, 2.05) is 0 Å². The van der Waals surface area contributed by atoms with E-state index in [9.17, 15) is 14.4 Å². The lowest BCUT2D eigenvalue weighted by Gasteiger charge is -2.27. The fourth-order valence-electron chi connectivity index (χ4n) is 2.60. The number of carbonyl (C=O) groups is 3. The summed E-state index contributed by atoms with van der Waals surface area (Å²) in [6.07, 6.45) is 4.81. The first kappa shape index (κ1) is 16.5. The molecule has 20 heavy (non-hydrogen) atoms. The van der Waals surface area contributed by atoms with Gasteiger partial charge in [-0.3, -0.25) is 9.59 Å². The first-order valence-electron chi connectivity index (χ1n) is 7.18. The van der Waals surface area contributed by atoms with Crippen LogP contribution >= 0.6 is 0 Å². The van der Waals surface area contributed by atoms with Crippen LogP contribution in [0.4, 0.5) is 0 Å². The molecule has 0 spiro atoms. The highest BCUT2D eigenvalue weighted by molar-refractivity contribution is 5.83. The zero-order valence-corrected chi connectivity index (χ0v) is 12.2. The largest absolute Gasteiger partial charge is 0.480 e. The Hall–Kier alpha value is -1.59. The van der Waals surface area contributed by atoms with E-state index in [0.717, 1.165) is 25.7 Å². The fraction of sp³-hybridized carbons (Fsp3) is 0.786. The smallest absolute Gasteiger partial charge is 0.326 e. The molecule has 0 radical (unpaired) electrons. The molecular formula is C14H24N2O4. The van der Waals surface area contributed by atoms with Gasteiger partial charge in [0.2, 0.25) is 11.8 Å². The van der Waals surface area contributed by atoms with Gasteiger partial charge in [0.25, 0.3) is 0 Å². The van der Waals surface area contributed by atoms with Crippen molar-refractivity contribution >= 4 is 17.8 Å². The molecule has 6 heteroatoms. The molecule has 1 aliphatic rings. The molecule has 0 aromatic carbocycles. The van der Waals surface area contributed by atoms with Gasteiger partial charge in [0.1, 0.15) is 6.04 Å². The molecule has 1 fully saturated rings. The summed E-state index contributed by atoms with van der Waals surface area (Å²) in [6, 6.07) is -0.863. The molecule has 1 atom stereocenters. The second-order valence-corrected chi connectivity index (χ2v) is 5.44. The molecule has 1 unspecified atom stereocenters. The van der Waals surface area contributed by atoms with Crippen molar-refractivity contribution in [1.82, 2.24) is 10.2 Å². The van der Waals surface area contributed by atoms with Crippen LogP contribution in [0.5, 0.6) is 0 Å². The lowest BCUT2D eigenvalue weighted by molar-refractivity contribution is -0.149. The van der Waals surface area contributed by atoms with Crippen molar-refractivity contribution < 1.29 is 19.5 Å². The number of amides is 2. The monoisotopic (exact) mass is 284 g/mol. The highest BCUT2D eigenvalue weighted by atomic mass is 16.4. The third-order valence-corrected chi connectivity index (χ3v) is 3.81. The highest BCUT2D eigenvalue weighted by Crippen LogP contribution is 2.28. The van der Waals surface area contributed by atoms with E-state index in [1.165, 1.54) is 18.7 Å². The average molecular weight is 284 g/mol. The molecular weight excluding hydrogens is 260 g/mol. The highest BCUT2D eigenvalue weighted by Gasteiger charge is 2.28. The Morgan fingerprint density at radius 1 is 1.30 bits per heavy atom. The number of hydrogen-bond donors (Lipinski definition) is 2. The minimum atomic E-state index is -1.02. The van der Waals surface area contributed by atoms with Crippen LogP contribution in [0.1, 0.15) is 46.0 Å². The molecule has 1 saturated carbocycles. The summed E-state index contributed by atoms with van der Waals surface area (Å²) in [7, 11) is 0. The van der Waals surface area contributed by atoms with Gasteiger partial charge < -0.3 is 15.3 Å². The maximum absolute atomic E-state index is 12.3. The predicted octanol–water partition coefficient (Wildman–Crippen LogP) is 1.00. The van der Waals surface area contributed by atoms with E-state index in [2.05, 4.69) is 5.32 Å². The van der Waals surface area contributed by atoms with Crippen molar-refractivity contribution in [3.63, 3.8) is 0 Å². The number of aliphatic carboxylic acids is 1. The number of carboxylic acid groups (broad SMARTS) is 1. The van der Waals surface area contributed by atoms with E-state index in [0.29, 0.717) is 12.3 Å². The zero-order chi connectivity index (χ0) is 15.1.